The van der Waals surface area contributed by atoms with Gasteiger partial charge in [0.05, 0.1) is 22.9 Å². The molecule has 4 rings (SSSR count). The first-order chi connectivity index (χ1) is 11.2. The fraction of sp³-hybridized carbons (Fsp3) is 0.625. The number of likely N-dealkylation sites (tertiary alicyclic amines) is 2. The monoisotopic (exact) mass is 382 g/mol. The number of rotatable bonds is 2. The van der Waals surface area contributed by atoms with Gasteiger partial charge in [0.1, 0.15) is 6.04 Å². The maximum absolute atomic E-state index is 13.0. The quantitative estimate of drug-likeness (QED) is 0.784. The number of amides is 2. The van der Waals surface area contributed by atoms with Crippen molar-refractivity contribution in [2.45, 2.75) is 43.9 Å². The normalized spacial score (nSPS) is 30.0. The van der Waals surface area contributed by atoms with E-state index < -0.39 is 6.04 Å². The number of hydrogen-bond acceptors (Lipinski definition) is 4. The van der Waals surface area contributed by atoms with Gasteiger partial charge in [-0.1, -0.05) is 0 Å². The number of hydrogen-bond donors (Lipinski definition) is 0. The molecule has 3 aliphatic heterocycles. The Morgan fingerprint density at radius 1 is 1.26 bits per heavy atom. The Hall–Kier alpha value is -1.34. The molecule has 124 valence electrons. The Kier molecular flexibility index (Phi) is 3.93. The van der Waals surface area contributed by atoms with Gasteiger partial charge < -0.3 is 19.0 Å². The van der Waals surface area contributed by atoms with E-state index in [4.69, 9.17) is 9.15 Å². The SMILES string of the molecule is O=C([C@@H]1C[C@@H]2OCC[C@@H]2N1C(=O)c1occc1Br)N1CCCC1. The van der Waals surface area contributed by atoms with Crippen molar-refractivity contribution in [2.24, 2.45) is 0 Å². The summed E-state index contributed by atoms with van der Waals surface area (Å²) in [7, 11) is 0. The predicted octanol–water partition coefficient (Wildman–Crippen LogP) is 2.04. The first-order valence-corrected chi connectivity index (χ1v) is 8.92. The molecule has 4 heterocycles. The molecule has 0 aliphatic carbocycles. The van der Waals surface area contributed by atoms with Crippen LogP contribution in [0.25, 0.3) is 0 Å². The molecule has 0 aromatic carbocycles. The van der Waals surface area contributed by atoms with E-state index in [1.54, 1.807) is 11.0 Å². The van der Waals surface area contributed by atoms with E-state index >= 15 is 0 Å². The summed E-state index contributed by atoms with van der Waals surface area (Å²) in [6.45, 7) is 2.22. The van der Waals surface area contributed by atoms with Crippen molar-refractivity contribution in [3.63, 3.8) is 0 Å². The summed E-state index contributed by atoms with van der Waals surface area (Å²) in [4.78, 5) is 29.4. The maximum Gasteiger partial charge on any atom is 0.291 e. The van der Waals surface area contributed by atoms with Crippen molar-refractivity contribution in [3.8, 4) is 0 Å². The molecular formula is C16H19BrN2O4. The van der Waals surface area contributed by atoms with Gasteiger partial charge in [0, 0.05) is 26.1 Å². The molecule has 7 heteroatoms. The van der Waals surface area contributed by atoms with Crippen molar-refractivity contribution in [1.29, 1.82) is 0 Å². The van der Waals surface area contributed by atoms with Crippen LogP contribution in [0.15, 0.2) is 21.2 Å². The van der Waals surface area contributed by atoms with Gasteiger partial charge >= 0.3 is 0 Å². The van der Waals surface area contributed by atoms with E-state index in [0.717, 1.165) is 32.4 Å². The van der Waals surface area contributed by atoms with E-state index in [9.17, 15) is 9.59 Å². The first kappa shape index (κ1) is 15.2. The molecule has 1 aromatic rings. The molecule has 0 radical (unpaired) electrons. The molecule has 2 amide bonds. The average molecular weight is 383 g/mol. The van der Waals surface area contributed by atoms with Crippen LogP contribution in [0.3, 0.4) is 0 Å². The van der Waals surface area contributed by atoms with Gasteiger partial charge in [0.2, 0.25) is 11.7 Å². The highest BCUT2D eigenvalue weighted by Gasteiger charge is 2.51. The molecule has 6 nitrogen and oxygen atoms in total. The molecule has 3 saturated heterocycles. The molecule has 0 spiro atoms. The Labute approximate surface area is 142 Å². The summed E-state index contributed by atoms with van der Waals surface area (Å²) in [6.07, 6.45) is 4.89. The minimum Gasteiger partial charge on any atom is -0.458 e. The van der Waals surface area contributed by atoms with Crippen LogP contribution in [-0.4, -0.2) is 59.5 Å². The molecule has 23 heavy (non-hydrogen) atoms. The molecule has 1 aromatic heterocycles. The predicted molar refractivity (Wildman–Crippen MR) is 84.9 cm³/mol. The molecular weight excluding hydrogens is 364 g/mol. The zero-order valence-corrected chi connectivity index (χ0v) is 14.3. The molecule has 0 unspecified atom stereocenters. The molecule has 3 aliphatic rings. The van der Waals surface area contributed by atoms with Gasteiger partial charge in [-0.05, 0) is 41.3 Å². The zero-order valence-electron chi connectivity index (χ0n) is 12.7. The number of carbonyl (C=O) groups is 2. The number of halogens is 1. The molecule has 3 atom stereocenters. The second-order valence-corrected chi connectivity index (χ2v) is 7.21. The van der Waals surface area contributed by atoms with E-state index in [2.05, 4.69) is 15.9 Å². The summed E-state index contributed by atoms with van der Waals surface area (Å²) in [6, 6.07) is 1.23. The summed E-state index contributed by atoms with van der Waals surface area (Å²) in [5, 5.41) is 0. The van der Waals surface area contributed by atoms with Crippen molar-refractivity contribution >= 4 is 27.7 Å². The number of nitrogens with zero attached hydrogens (tertiary/aromatic N) is 2. The fourth-order valence-corrected chi connectivity index (χ4v) is 4.34. The third kappa shape index (κ3) is 2.50. The lowest BCUT2D eigenvalue weighted by atomic mass is 10.1. The van der Waals surface area contributed by atoms with Gasteiger partial charge in [0.15, 0.2) is 0 Å². The van der Waals surface area contributed by atoms with Gasteiger partial charge in [-0.15, -0.1) is 0 Å². The summed E-state index contributed by atoms with van der Waals surface area (Å²) >= 11 is 3.34. The Bertz CT molecular complexity index is 625. The zero-order chi connectivity index (χ0) is 16.0. The smallest absolute Gasteiger partial charge is 0.291 e. The van der Waals surface area contributed by atoms with Crippen LogP contribution < -0.4 is 0 Å². The van der Waals surface area contributed by atoms with Crippen molar-refractivity contribution < 1.29 is 18.7 Å². The third-order valence-electron chi connectivity index (χ3n) is 5.07. The number of carbonyl (C=O) groups excluding carboxylic acids is 2. The minimum atomic E-state index is -0.437. The maximum atomic E-state index is 13.0. The molecule has 0 bridgehead atoms. The van der Waals surface area contributed by atoms with Crippen LogP contribution in [0.5, 0.6) is 0 Å². The van der Waals surface area contributed by atoms with Crippen molar-refractivity contribution in [3.05, 3.63) is 22.6 Å². The van der Waals surface area contributed by atoms with Gasteiger partial charge in [-0.3, -0.25) is 9.59 Å². The summed E-state index contributed by atoms with van der Waals surface area (Å²) < 4.78 is 11.7. The molecule has 3 fully saturated rings. The number of ether oxygens (including phenoxy) is 1. The molecule has 0 saturated carbocycles. The molecule has 0 N–H and O–H groups in total. The van der Waals surface area contributed by atoms with E-state index in [-0.39, 0.29) is 29.7 Å². The fourth-order valence-electron chi connectivity index (χ4n) is 3.97. The highest BCUT2D eigenvalue weighted by atomic mass is 79.9. The summed E-state index contributed by atoms with van der Waals surface area (Å²) in [5.74, 6) is 0.0886. The highest BCUT2D eigenvalue weighted by Crippen LogP contribution is 2.37. The topological polar surface area (TPSA) is 63.0 Å². The van der Waals surface area contributed by atoms with Crippen LogP contribution in [0.2, 0.25) is 0 Å². The number of fused-ring (bicyclic) bond motifs is 1. The summed E-state index contributed by atoms with van der Waals surface area (Å²) in [5.41, 5.74) is 0. The van der Waals surface area contributed by atoms with Crippen LogP contribution in [0.4, 0.5) is 0 Å². The van der Waals surface area contributed by atoms with Crippen LogP contribution in [0.1, 0.15) is 36.2 Å². The van der Waals surface area contributed by atoms with E-state index in [0.29, 0.717) is 17.5 Å². The lowest BCUT2D eigenvalue weighted by Gasteiger charge is -2.30. The standard InChI is InChI=1S/C16H19BrN2O4/c17-10-3-7-23-14(10)16(21)19-11-4-8-22-13(11)9-12(19)15(20)18-5-1-2-6-18/h3,7,11-13H,1-2,4-6,8-9H2/t11-,12-,13-/m0/s1. The lowest BCUT2D eigenvalue weighted by molar-refractivity contribution is -0.134. The Morgan fingerprint density at radius 3 is 2.74 bits per heavy atom. The van der Waals surface area contributed by atoms with E-state index in [1.807, 2.05) is 4.90 Å². The van der Waals surface area contributed by atoms with Crippen LogP contribution in [0, 0.1) is 0 Å². The first-order valence-electron chi connectivity index (χ1n) is 8.13. The third-order valence-corrected chi connectivity index (χ3v) is 5.70. The highest BCUT2D eigenvalue weighted by molar-refractivity contribution is 9.10. The second kappa shape index (κ2) is 5.94. The second-order valence-electron chi connectivity index (χ2n) is 6.36. The van der Waals surface area contributed by atoms with Crippen LogP contribution in [-0.2, 0) is 9.53 Å². The minimum absolute atomic E-state index is 0.0314. The Morgan fingerprint density at radius 2 is 2.04 bits per heavy atom. The lowest BCUT2D eigenvalue weighted by Crippen LogP contribution is -2.49. The van der Waals surface area contributed by atoms with E-state index in [1.165, 1.54) is 6.26 Å². The number of furan rings is 1. The van der Waals surface area contributed by atoms with Gasteiger partial charge in [0.25, 0.3) is 5.91 Å². The Balaban J connectivity index is 1.63. The van der Waals surface area contributed by atoms with Crippen LogP contribution >= 0.6 is 15.9 Å². The van der Waals surface area contributed by atoms with Crippen molar-refractivity contribution in [2.75, 3.05) is 19.7 Å². The van der Waals surface area contributed by atoms with Gasteiger partial charge in [-0.25, -0.2) is 0 Å². The largest absolute Gasteiger partial charge is 0.458 e. The van der Waals surface area contributed by atoms with Gasteiger partial charge in [-0.2, -0.15) is 0 Å². The average Bonchev–Trinajstić information content (AvgIpc) is 3.29. The van der Waals surface area contributed by atoms with Crippen molar-refractivity contribution in [1.82, 2.24) is 9.80 Å².